The highest BCUT2D eigenvalue weighted by Gasteiger charge is 2.35. The molecule has 2 N–H and O–H groups in total. The molecule has 0 saturated carbocycles. The summed E-state index contributed by atoms with van der Waals surface area (Å²) in [6.45, 7) is 0. The van der Waals surface area contributed by atoms with Crippen LogP contribution in [-0.2, 0) is 15.5 Å². The summed E-state index contributed by atoms with van der Waals surface area (Å²) in [5.74, 6) is -0.283. The zero-order chi connectivity index (χ0) is 18.0. The van der Waals surface area contributed by atoms with Crippen molar-refractivity contribution < 1.29 is 8.95 Å². The monoisotopic (exact) mass is 371 g/mol. The number of hydrogen-bond donors (Lipinski definition) is 1. The summed E-state index contributed by atoms with van der Waals surface area (Å²) in [4.78, 5) is 4.71. The minimum absolute atomic E-state index is 0.0164. The lowest BCUT2D eigenvalue weighted by molar-refractivity contribution is 0.357. The van der Waals surface area contributed by atoms with Crippen molar-refractivity contribution in [1.82, 2.24) is 4.98 Å². The standard InChI is InChI=1S/C18H14ClN3O2S/c1-25(23)17-15(11-5-7-12(19)8-6-11)13(10-20)18(21)24-16(17)14-4-2-3-9-22-14/h2-9,15H,21H2,1H3/t15-,25?/m0/s1. The largest absolute Gasteiger partial charge is 0.437 e. The van der Waals surface area contributed by atoms with Gasteiger partial charge in [-0.2, -0.15) is 5.26 Å². The third kappa shape index (κ3) is 3.29. The molecular weight excluding hydrogens is 358 g/mol. The Balaban J connectivity index is 2.27. The lowest BCUT2D eigenvalue weighted by atomic mass is 9.89. The molecule has 0 fully saturated rings. The van der Waals surface area contributed by atoms with Crippen LogP contribution in [0, 0.1) is 11.3 Å². The summed E-state index contributed by atoms with van der Waals surface area (Å²) in [5.41, 5.74) is 7.46. The van der Waals surface area contributed by atoms with Crippen LogP contribution in [0.4, 0.5) is 0 Å². The zero-order valence-electron chi connectivity index (χ0n) is 13.3. The Kier molecular flexibility index (Phi) is 4.88. The number of nitrogens with zero attached hydrogens (tertiary/aromatic N) is 2. The summed E-state index contributed by atoms with van der Waals surface area (Å²) in [6.07, 6.45) is 3.15. The Morgan fingerprint density at radius 3 is 2.56 bits per heavy atom. The minimum Gasteiger partial charge on any atom is -0.437 e. The van der Waals surface area contributed by atoms with Crippen molar-refractivity contribution in [2.45, 2.75) is 5.92 Å². The van der Waals surface area contributed by atoms with Gasteiger partial charge in [0, 0.05) is 17.5 Å². The van der Waals surface area contributed by atoms with E-state index in [1.54, 1.807) is 54.9 Å². The average molecular weight is 372 g/mol. The fourth-order valence-electron chi connectivity index (χ4n) is 2.68. The predicted molar refractivity (Wildman–Crippen MR) is 97.3 cm³/mol. The lowest BCUT2D eigenvalue weighted by Gasteiger charge is -2.27. The molecule has 0 radical (unpaired) electrons. The first kappa shape index (κ1) is 17.2. The first-order valence-corrected chi connectivity index (χ1v) is 9.28. The first-order chi connectivity index (χ1) is 12.0. The number of rotatable bonds is 3. The normalized spacial score (nSPS) is 18.5. The molecule has 126 valence electrons. The quantitative estimate of drug-likeness (QED) is 0.894. The molecule has 7 heteroatoms. The van der Waals surface area contributed by atoms with Gasteiger partial charge in [0.05, 0.1) is 21.6 Å². The maximum absolute atomic E-state index is 12.5. The van der Waals surface area contributed by atoms with Gasteiger partial charge < -0.3 is 10.5 Å². The van der Waals surface area contributed by atoms with E-state index in [0.717, 1.165) is 5.56 Å². The number of hydrogen-bond acceptors (Lipinski definition) is 5. The van der Waals surface area contributed by atoms with Crippen LogP contribution in [0.2, 0.25) is 5.02 Å². The molecule has 2 heterocycles. The van der Waals surface area contributed by atoms with Gasteiger partial charge in [0.15, 0.2) is 5.76 Å². The van der Waals surface area contributed by atoms with Crippen molar-refractivity contribution in [3.8, 4) is 6.07 Å². The van der Waals surface area contributed by atoms with Crippen LogP contribution >= 0.6 is 11.6 Å². The Morgan fingerprint density at radius 2 is 2.00 bits per heavy atom. The van der Waals surface area contributed by atoms with E-state index in [4.69, 9.17) is 22.1 Å². The van der Waals surface area contributed by atoms with Gasteiger partial charge in [-0.1, -0.05) is 29.8 Å². The smallest absolute Gasteiger partial charge is 0.205 e. The molecule has 3 rings (SSSR count). The van der Waals surface area contributed by atoms with Crippen molar-refractivity contribution in [2.75, 3.05) is 6.26 Å². The maximum Gasteiger partial charge on any atom is 0.205 e. The SMILES string of the molecule is CS(=O)C1=C(c2ccccn2)OC(N)=C(C#N)[C@@H]1c1ccc(Cl)cc1. The molecule has 1 unspecified atom stereocenters. The van der Waals surface area contributed by atoms with E-state index in [1.165, 1.54) is 0 Å². The molecule has 25 heavy (non-hydrogen) atoms. The van der Waals surface area contributed by atoms with Crippen LogP contribution in [0.1, 0.15) is 17.2 Å². The number of ether oxygens (including phenoxy) is 1. The van der Waals surface area contributed by atoms with E-state index in [1.807, 2.05) is 0 Å². The van der Waals surface area contributed by atoms with E-state index in [9.17, 15) is 9.47 Å². The van der Waals surface area contributed by atoms with Crippen LogP contribution in [0.3, 0.4) is 0 Å². The second-order valence-corrected chi connectivity index (χ2v) is 7.12. The summed E-state index contributed by atoms with van der Waals surface area (Å²) in [7, 11) is -1.41. The van der Waals surface area contributed by atoms with Gasteiger partial charge in [-0.25, -0.2) is 0 Å². The van der Waals surface area contributed by atoms with Crippen molar-refractivity contribution in [3.63, 3.8) is 0 Å². The van der Waals surface area contributed by atoms with E-state index in [0.29, 0.717) is 21.4 Å². The van der Waals surface area contributed by atoms with Gasteiger partial charge in [-0.05, 0) is 29.8 Å². The molecule has 2 aromatic rings. The molecule has 0 bridgehead atoms. The molecule has 0 aliphatic carbocycles. The zero-order valence-corrected chi connectivity index (χ0v) is 14.8. The molecular formula is C18H14ClN3O2S. The van der Waals surface area contributed by atoms with E-state index in [2.05, 4.69) is 11.1 Å². The molecule has 0 amide bonds. The van der Waals surface area contributed by atoms with Gasteiger partial charge >= 0.3 is 0 Å². The molecule has 0 saturated heterocycles. The number of allylic oxidation sites excluding steroid dienone is 2. The van der Waals surface area contributed by atoms with Gasteiger partial charge in [-0.3, -0.25) is 9.19 Å². The van der Waals surface area contributed by atoms with Gasteiger partial charge in [0.1, 0.15) is 17.3 Å². The van der Waals surface area contributed by atoms with Crippen LogP contribution in [-0.4, -0.2) is 15.4 Å². The Hall–Kier alpha value is -2.62. The van der Waals surface area contributed by atoms with E-state index >= 15 is 0 Å². The van der Waals surface area contributed by atoms with Crippen molar-refractivity contribution >= 4 is 28.2 Å². The molecule has 1 aliphatic heterocycles. The highest BCUT2D eigenvalue weighted by Crippen LogP contribution is 2.43. The van der Waals surface area contributed by atoms with E-state index in [-0.39, 0.29) is 11.5 Å². The van der Waals surface area contributed by atoms with Crippen LogP contribution < -0.4 is 5.73 Å². The number of halogens is 1. The van der Waals surface area contributed by atoms with Gasteiger partial charge in [0.25, 0.3) is 0 Å². The van der Waals surface area contributed by atoms with Gasteiger partial charge in [0.2, 0.25) is 5.88 Å². The number of benzene rings is 1. The van der Waals surface area contributed by atoms with Crippen molar-refractivity contribution in [3.05, 3.63) is 81.3 Å². The van der Waals surface area contributed by atoms with Crippen molar-refractivity contribution in [2.24, 2.45) is 5.73 Å². The Morgan fingerprint density at radius 1 is 1.28 bits per heavy atom. The third-order valence-electron chi connectivity index (χ3n) is 3.78. The third-order valence-corrected chi connectivity index (χ3v) is 5.08. The fourth-order valence-corrected chi connectivity index (χ4v) is 3.80. The molecule has 2 atom stereocenters. The second-order valence-electron chi connectivity index (χ2n) is 5.34. The van der Waals surface area contributed by atoms with E-state index < -0.39 is 16.7 Å². The average Bonchev–Trinajstić information content (AvgIpc) is 2.62. The topological polar surface area (TPSA) is 89.0 Å². The lowest BCUT2D eigenvalue weighted by Crippen LogP contribution is -2.22. The highest BCUT2D eigenvalue weighted by atomic mass is 35.5. The molecule has 0 spiro atoms. The highest BCUT2D eigenvalue weighted by molar-refractivity contribution is 7.88. The number of pyridine rings is 1. The molecule has 1 aromatic heterocycles. The van der Waals surface area contributed by atoms with Crippen LogP contribution in [0.5, 0.6) is 0 Å². The van der Waals surface area contributed by atoms with Gasteiger partial charge in [-0.15, -0.1) is 0 Å². The van der Waals surface area contributed by atoms with Crippen LogP contribution in [0.15, 0.2) is 65.0 Å². The minimum atomic E-state index is -1.41. The maximum atomic E-state index is 12.5. The number of aromatic nitrogens is 1. The first-order valence-electron chi connectivity index (χ1n) is 7.35. The summed E-state index contributed by atoms with van der Waals surface area (Å²) in [6, 6.07) is 14.4. The number of nitriles is 1. The fraction of sp³-hybridized carbons (Fsp3) is 0.111. The molecule has 1 aliphatic rings. The summed E-state index contributed by atoms with van der Waals surface area (Å²) >= 11 is 5.96. The summed E-state index contributed by atoms with van der Waals surface area (Å²) < 4.78 is 18.2. The van der Waals surface area contributed by atoms with Crippen molar-refractivity contribution in [1.29, 1.82) is 5.26 Å². The Bertz CT molecular complexity index is 931. The Labute approximate surface area is 152 Å². The summed E-state index contributed by atoms with van der Waals surface area (Å²) in [5, 5.41) is 10.1. The molecule has 1 aromatic carbocycles. The second kappa shape index (κ2) is 7.09. The predicted octanol–water partition coefficient (Wildman–Crippen LogP) is 3.29. The number of nitrogens with two attached hydrogens (primary N) is 1. The van der Waals surface area contributed by atoms with Crippen LogP contribution in [0.25, 0.3) is 5.76 Å². The molecule has 5 nitrogen and oxygen atoms in total.